The number of halogens is 3. The monoisotopic (exact) mass is 232 g/mol. The summed E-state index contributed by atoms with van der Waals surface area (Å²) >= 11 is 0. The molecule has 0 aliphatic heterocycles. The summed E-state index contributed by atoms with van der Waals surface area (Å²) in [5.41, 5.74) is -0.181. The van der Waals surface area contributed by atoms with Gasteiger partial charge in [0, 0.05) is 11.6 Å². The maximum absolute atomic E-state index is 13.3. The fraction of sp³-hybridized carbons (Fsp3) is 0.500. The number of hydrogen-bond donors (Lipinski definition) is 1. The number of aliphatic hydroxyl groups excluding tert-OH is 1. The lowest BCUT2D eigenvalue weighted by atomic mass is 9.96. The number of benzene rings is 1. The molecular formula is C12H15F3O. The molecule has 0 saturated heterocycles. The second-order valence-electron chi connectivity index (χ2n) is 4.05. The fourth-order valence-electron chi connectivity index (χ4n) is 1.47. The molecule has 4 heteroatoms. The molecule has 0 bridgehead atoms. The third-order valence-corrected chi connectivity index (χ3v) is 2.72. The van der Waals surface area contributed by atoms with Gasteiger partial charge >= 0.3 is 0 Å². The summed E-state index contributed by atoms with van der Waals surface area (Å²) in [6, 6.07) is 1.18. The van der Waals surface area contributed by atoms with Crippen molar-refractivity contribution < 1.29 is 18.3 Å². The molecule has 0 aromatic heterocycles. The summed E-state index contributed by atoms with van der Waals surface area (Å²) in [7, 11) is 0. The first-order chi connectivity index (χ1) is 7.45. The van der Waals surface area contributed by atoms with Gasteiger partial charge in [0.15, 0.2) is 11.6 Å². The van der Waals surface area contributed by atoms with Gasteiger partial charge in [-0.1, -0.05) is 20.3 Å². The summed E-state index contributed by atoms with van der Waals surface area (Å²) in [5.74, 6) is -3.09. The number of rotatable bonds is 4. The zero-order valence-corrected chi connectivity index (χ0v) is 9.30. The van der Waals surface area contributed by atoms with Crippen LogP contribution in [0.25, 0.3) is 0 Å². The molecule has 1 aromatic carbocycles. The van der Waals surface area contributed by atoms with E-state index in [2.05, 4.69) is 0 Å². The van der Waals surface area contributed by atoms with Crippen LogP contribution in [0.4, 0.5) is 13.2 Å². The Bertz CT molecular complexity index is 366. The average molecular weight is 232 g/mol. The van der Waals surface area contributed by atoms with E-state index in [0.717, 1.165) is 12.5 Å². The summed E-state index contributed by atoms with van der Waals surface area (Å²) in [6.45, 7) is 3.85. The molecule has 0 aliphatic rings. The number of hydrogen-bond acceptors (Lipinski definition) is 1. The Morgan fingerprint density at radius 1 is 1.12 bits per heavy atom. The minimum absolute atomic E-state index is 0.181. The largest absolute Gasteiger partial charge is 0.388 e. The van der Waals surface area contributed by atoms with Crippen molar-refractivity contribution in [1.82, 2.24) is 0 Å². The van der Waals surface area contributed by atoms with Crippen LogP contribution in [0, 0.1) is 23.4 Å². The quantitative estimate of drug-likeness (QED) is 0.787. The lowest BCUT2D eigenvalue weighted by molar-refractivity contribution is 0.141. The van der Waals surface area contributed by atoms with Gasteiger partial charge < -0.3 is 5.11 Å². The van der Waals surface area contributed by atoms with Gasteiger partial charge in [-0.3, -0.25) is 0 Å². The van der Waals surface area contributed by atoms with Crippen molar-refractivity contribution in [2.75, 3.05) is 0 Å². The van der Waals surface area contributed by atoms with E-state index in [1.165, 1.54) is 0 Å². The van der Waals surface area contributed by atoms with Crippen LogP contribution in [0.5, 0.6) is 0 Å². The van der Waals surface area contributed by atoms with E-state index < -0.39 is 23.6 Å². The highest BCUT2D eigenvalue weighted by Gasteiger charge is 2.18. The first-order valence-electron chi connectivity index (χ1n) is 5.28. The zero-order chi connectivity index (χ0) is 12.3. The van der Waals surface area contributed by atoms with Crippen LogP contribution in [0.15, 0.2) is 12.1 Å². The van der Waals surface area contributed by atoms with Crippen LogP contribution in [0.3, 0.4) is 0 Å². The van der Waals surface area contributed by atoms with Gasteiger partial charge in [0.2, 0.25) is 0 Å². The molecule has 2 atom stereocenters. The Hall–Kier alpha value is -1.03. The highest BCUT2D eigenvalue weighted by atomic mass is 19.2. The molecule has 90 valence electrons. The van der Waals surface area contributed by atoms with E-state index >= 15 is 0 Å². The minimum Gasteiger partial charge on any atom is -0.388 e. The van der Waals surface area contributed by atoms with Crippen molar-refractivity contribution in [3.05, 3.63) is 35.1 Å². The standard InChI is InChI=1S/C12H15F3O/c1-3-7(2)4-12(16)8-5-10(14)11(15)6-9(8)13/h5-7,12,16H,3-4H2,1-2H3. The van der Waals surface area contributed by atoms with Crippen LogP contribution in [0.1, 0.15) is 38.4 Å². The van der Waals surface area contributed by atoms with E-state index in [9.17, 15) is 18.3 Å². The molecule has 2 unspecified atom stereocenters. The van der Waals surface area contributed by atoms with Crippen LogP contribution in [0.2, 0.25) is 0 Å². The van der Waals surface area contributed by atoms with Crippen LogP contribution in [-0.4, -0.2) is 5.11 Å². The van der Waals surface area contributed by atoms with E-state index in [-0.39, 0.29) is 11.5 Å². The van der Waals surface area contributed by atoms with Gasteiger partial charge in [0.1, 0.15) is 5.82 Å². The molecule has 0 spiro atoms. The molecule has 0 fully saturated rings. The highest BCUT2D eigenvalue weighted by Crippen LogP contribution is 2.26. The van der Waals surface area contributed by atoms with E-state index in [1.807, 2.05) is 13.8 Å². The Morgan fingerprint density at radius 2 is 1.69 bits per heavy atom. The maximum Gasteiger partial charge on any atom is 0.161 e. The highest BCUT2D eigenvalue weighted by molar-refractivity contribution is 5.22. The minimum atomic E-state index is -1.24. The SMILES string of the molecule is CCC(C)CC(O)c1cc(F)c(F)cc1F. The van der Waals surface area contributed by atoms with Gasteiger partial charge in [0.25, 0.3) is 0 Å². The Labute approximate surface area is 92.9 Å². The summed E-state index contributed by atoms with van der Waals surface area (Å²) < 4.78 is 38.8. The Kier molecular flexibility index (Phi) is 4.35. The summed E-state index contributed by atoms with van der Waals surface area (Å²) in [4.78, 5) is 0. The second-order valence-corrected chi connectivity index (χ2v) is 4.05. The molecule has 0 radical (unpaired) electrons. The van der Waals surface area contributed by atoms with Crippen molar-refractivity contribution in [2.24, 2.45) is 5.92 Å². The summed E-state index contributed by atoms with van der Waals surface area (Å²) in [6.07, 6.45) is 0.0750. The lowest BCUT2D eigenvalue weighted by Crippen LogP contribution is -2.07. The molecule has 1 N–H and O–H groups in total. The molecule has 1 rings (SSSR count). The topological polar surface area (TPSA) is 20.2 Å². The average Bonchev–Trinajstić information content (AvgIpc) is 2.23. The summed E-state index contributed by atoms with van der Waals surface area (Å²) in [5, 5.41) is 9.69. The first-order valence-corrected chi connectivity index (χ1v) is 5.28. The molecule has 0 aliphatic carbocycles. The van der Waals surface area contributed by atoms with Gasteiger partial charge in [-0.25, -0.2) is 13.2 Å². The van der Waals surface area contributed by atoms with Crippen LogP contribution in [-0.2, 0) is 0 Å². The molecule has 16 heavy (non-hydrogen) atoms. The van der Waals surface area contributed by atoms with Crippen molar-refractivity contribution in [1.29, 1.82) is 0 Å². The Morgan fingerprint density at radius 3 is 2.25 bits per heavy atom. The predicted molar refractivity (Wildman–Crippen MR) is 55.3 cm³/mol. The fourth-order valence-corrected chi connectivity index (χ4v) is 1.47. The van der Waals surface area contributed by atoms with Crippen molar-refractivity contribution >= 4 is 0 Å². The van der Waals surface area contributed by atoms with Crippen LogP contribution < -0.4 is 0 Å². The van der Waals surface area contributed by atoms with Gasteiger partial charge in [0.05, 0.1) is 6.10 Å². The Balaban J connectivity index is 2.91. The van der Waals surface area contributed by atoms with E-state index in [1.54, 1.807) is 0 Å². The molecule has 1 aromatic rings. The van der Waals surface area contributed by atoms with Gasteiger partial charge in [-0.15, -0.1) is 0 Å². The van der Waals surface area contributed by atoms with Crippen molar-refractivity contribution in [3.8, 4) is 0 Å². The van der Waals surface area contributed by atoms with Gasteiger partial charge in [-0.2, -0.15) is 0 Å². The van der Waals surface area contributed by atoms with Crippen LogP contribution >= 0.6 is 0 Å². The number of aliphatic hydroxyl groups is 1. The molecule has 0 saturated carbocycles. The molecule has 1 nitrogen and oxygen atoms in total. The third-order valence-electron chi connectivity index (χ3n) is 2.72. The first kappa shape index (κ1) is 13.0. The normalized spacial score (nSPS) is 14.9. The van der Waals surface area contributed by atoms with Gasteiger partial charge in [-0.05, 0) is 18.4 Å². The molecular weight excluding hydrogens is 217 g/mol. The zero-order valence-electron chi connectivity index (χ0n) is 9.30. The molecule has 0 heterocycles. The lowest BCUT2D eigenvalue weighted by Gasteiger charge is -2.16. The smallest absolute Gasteiger partial charge is 0.161 e. The van der Waals surface area contributed by atoms with Crippen molar-refractivity contribution in [2.45, 2.75) is 32.8 Å². The van der Waals surface area contributed by atoms with E-state index in [4.69, 9.17) is 0 Å². The maximum atomic E-state index is 13.3. The predicted octanol–water partition coefficient (Wildman–Crippen LogP) is 3.57. The van der Waals surface area contributed by atoms with E-state index in [0.29, 0.717) is 12.5 Å². The second kappa shape index (κ2) is 5.34. The third kappa shape index (κ3) is 2.98. The molecule has 0 amide bonds. The van der Waals surface area contributed by atoms with Crippen molar-refractivity contribution in [3.63, 3.8) is 0 Å².